The first kappa shape index (κ1) is 15.6. The number of anilines is 1. The second-order valence-electron chi connectivity index (χ2n) is 5.31. The first-order valence-corrected chi connectivity index (χ1v) is 7.59. The standard InChI is InChI=1S/C17H18BrNO2/c1-10(2)13-9-16(20)11(3)8-15(13)19-17(21)12-6-4-5-7-14(12)18/h4-10,20H,1-3H3,(H,19,21). The first-order valence-electron chi connectivity index (χ1n) is 6.79. The first-order chi connectivity index (χ1) is 9.90. The molecule has 0 radical (unpaired) electrons. The number of phenols is 1. The maximum Gasteiger partial charge on any atom is 0.256 e. The Morgan fingerprint density at radius 1 is 1.24 bits per heavy atom. The van der Waals surface area contributed by atoms with E-state index < -0.39 is 0 Å². The number of halogens is 1. The van der Waals surface area contributed by atoms with E-state index in [-0.39, 0.29) is 17.6 Å². The molecule has 2 rings (SSSR count). The van der Waals surface area contributed by atoms with E-state index in [4.69, 9.17) is 0 Å². The van der Waals surface area contributed by atoms with Crippen LogP contribution < -0.4 is 5.32 Å². The van der Waals surface area contributed by atoms with Gasteiger partial charge in [0.1, 0.15) is 5.75 Å². The average Bonchev–Trinajstić information content (AvgIpc) is 2.42. The molecule has 2 aromatic carbocycles. The van der Waals surface area contributed by atoms with Crippen molar-refractivity contribution in [2.75, 3.05) is 5.32 Å². The second kappa shape index (κ2) is 6.31. The summed E-state index contributed by atoms with van der Waals surface area (Å²) < 4.78 is 0.754. The lowest BCUT2D eigenvalue weighted by Gasteiger charge is -2.16. The zero-order chi connectivity index (χ0) is 15.6. The van der Waals surface area contributed by atoms with Gasteiger partial charge in [0.15, 0.2) is 0 Å². The predicted molar refractivity (Wildman–Crippen MR) is 89.0 cm³/mol. The minimum absolute atomic E-state index is 0.172. The van der Waals surface area contributed by atoms with Gasteiger partial charge in [0.05, 0.1) is 5.56 Å². The minimum Gasteiger partial charge on any atom is -0.508 e. The molecule has 2 N–H and O–H groups in total. The fraction of sp³-hybridized carbons (Fsp3) is 0.235. The van der Waals surface area contributed by atoms with Crippen molar-refractivity contribution in [1.82, 2.24) is 0 Å². The van der Waals surface area contributed by atoms with Gasteiger partial charge in [-0.3, -0.25) is 4.79 Å². The molecule has 0 saturated carbocycles. The van der Waals surface area contributed by atoms with Crippen LogP contribution in [0, 0.1) is 6.92 Å². The number of nitrogens with one attached hydrogen (secondary N) is 1. The van der Waals surface area contributed by atoms with Crippen molar-refractivity contribution in [2.24, 2.45) is 0 Å². The van der Waals surface area contributed by atoms with E-state index in [0.717, 1.165) is 21.3 Å². The van der Waals surface area contributed by atoms with Crippen molar-refractivity contribution >= 4 is 27.5 Å². The van der Waals surface area contributed by atoms with E-state index in [0.29, 0.717) is 5.56 Å². The molecule has 3 nitrogen and oxygen atoms in total. The van der Waals surface area contributed by atoms with Crippen LogP contribution in [0.3, 0.4) is 0 Å². The highest BCUT2D eigenvalue weighted by Crippen LogP contribution is 2.31. The Morgan fingerprint density at radius 3 is 2.52 bits per heavy atom. The maximum atomic E-state index is 12.4. The summed E-state index contributed by atoms with van der Waals surface area (Å²) in [5, 5.41) is 12.8. The van der Waals surface area contributed by atoms with Gasteiger partial charge < -0.3 is 10.4 Å². The lowest BCUT2D eigenvalue weighted by molar-refractivity contribution is 0.102. The summed E-state index contributed by atoms with van der Waals surface area (Å²) >= 11 is 3.38. The lowest BCUT2D eigenvalue weighted by atomic mass is 9.98. The van der Waals surface area contributed by atoms with Gasteiger partial charge in [-0.15, -0.1) is 0 Å². The smallest absolute Gasteiger partial charge is 0.256 e. The third-order valence-corrected chi connectivity index (χ3v) is 4.05. The van der Waals surface area contributed by atoms with Gasteiger partial charge in [-0.25, -0.2) is 0 Å². The number of aryl methyl sites for hydroxylation is 1. The summed E-state index contributed by atoms with van der Waals surface area (Å²) in [4.78, 5) is 12.4. The van der Waals surface area contributed by atoms with Gasteiger partial charge in [-0.2, -0.15) is 0 Å². The molecule has 0 heterocycles. The van der Waals surface area contributed by atoms with Crippen molar-refractivity contribution < 1.29 is 9.90 Å². The van der Waals surface area contributed by atoms with Crippen molar-refractivity contribution in [3.05, 3.63) is 57.6 Å². The quantitative estimate of drug-likeness (QED) is 0.780. The Labute approximate surface area is 133 Å². The van der Waals surface area contributed by atoms with E-state index in [1.165, 1.54) is 0 Å². The van der Waals surface area contributed by atoms with E-state index in [2.05, 4.69) is 21.2 Å². The summed E-state index contributed by atoms with van der Waals surface area (Å²) in [6, 6.07) is 10.8. The fourth-order valence-corrected chi connectivity index (χ4v) is 2.60. The molecule has 110 valence electrons. The van der Waals surface area contributed by atoms with Gasteiger partial charge in [0.2, 0.25) is 0 Å². The Bertz CT molecular complexity index is 680. The van der Waals surface area contributed by atoms with Gasteiger partial charge >= 0.3 is 0 Å². The molecule has 0 aliphatic heterocycles. The number of hydrogen-bond donors (Lipinski definition) is 2. The maximum absolute atomic E-state index is 12.4. The minimum atomic E-state index is -0.172. The highest BCUT2D eigenvalue weighted by molar-refractivity contribution is 9.10. The Balaban J connectivity index is 2.37. The Kier molecular flexibility index (Phi) is 4.68. The second-order valence-corrected chi connectivity index (χ2v) is 6.17. The number of amides is 1. The monoisotopic (exact) mass is 347 g/mol. The molecule has 4 heteroatoms. The molecule has 21 heavy (non-hydrogen) atoms. The summed E-state index contributed by atoms with van der Waals surface area (Å²) in [5.74, 6) is 0.276. The third-order valence-electron chi connectivity index (χ3n) is 3.36. The van der Waals surface area contributed by atoms with E-state index >= 15 is 0 Å². The van der Waals surface area contributed by atoms with Crippen LogP contribution in [0.15, 0.2) is 40.9 Å². The normalized spacial score (nSPS) is 10.7. The van der Waals surface area contributed by atoms with Crippen LogP contribution in [0.4, 0.5) is 5.69 Å². The highest BCUT2D eigenvalue weighted by atomic mass is 79.9. The Hall–Kier alpha value is -1.81. The van der Waals surface area contributed by atoms with Gasteiger partial charge in [-0.05, 0) is 64.2 Å². The number of benzene rings is 2. The fourth-order valence-electron chi connectivity index (χ4n) is 2.13. The van der Waals surface area contributed by atoms with Crippen LogP contribution in [0.1, 0.15) is 41.3 Å². The highest BCUT2D eigenvalue weighted by Gasteiger charge is 2.15. The van der Waals surface area contributed by atoms with Gasteiger partial charge in [0, 0.05) is 10.2 Å². The number of hydrogen-bond acceptors (Lipinski definition) is 2. The van der Waals surface area contributed by atoms with Crippen LogP contribution in [0.5, 0.6) is 5.75 Å². The van der Waals surface area contributed by atoms with Crippen molar-refractivity contribution in [1.29, 1.82) is 0 Å². The molecule has 0 spiro atoms. The molecule has 0 saturated heterocycles. The molecule has 0 fully saturated rings. The molecule has 2 aromatic rings. The molecular weight excluding hydrogens is 330 g/mol. The molecule has 0 bridgehead atoms. The largest absolute Gasteiger partial charge is 0.508 e. The Morgan fingerprint density at radius 2 is 1.90 bits per heavy atom. The lowest BCUT2D eigenvalue weighted by Crippen LogP contribution is -2.14. The average molecular weight is 348 g/mol. The van der Waals surface area contributed by atoms with E-state index in [1.54, 1.807) is 18.2 Å². The van der Waals surface area contributed by atoms with E-state index in [9.17, 15) is 9.90 Å². The summed E-state index contributed by atoms with van der Waals surface area (Å²) in [6.07, 6.45) is 0. The SMILES string of the molecule is Cc1cc(NC(=O)c2ccccc2Br)c(C(C)C)cc1O. The topological polar surface area (TPSA) is 49.3 Å². The van der Waals surface area contributed by atoms with Gasteiger partial charge in [0.25, 0.3) is 5.91 Å². The van der Waals surface area contributed by atoms with Crippen molar-refractivity contribution in [2.45, 2.75) is 26.7 Å². The summed E-state index contributed by atoms with van der Waals surface area (Å²) in [7, 11) is 0. The zero-order valence-corrected chi connectivity index (χ0v) is 13.9. The summed E-state index contributed by atoms with van der Waals surface area (Å²) in [6.45, 7) is 5.87. The van der Waals surface area contributed by atoms with Crippen molar-refractivity contribution in [3.63, 3.8) is 0 Å². The van der Waals surface area contributed by atoms with Crippen LogP contribution in [-0.4, -0.2) is 11.0 Å². The number of aromatic hydroxyl groups is 1. The molecule has 0 atom stereocenters. The number of phenolic OH excluding ortho intramolecular Hbond substituents is 1. The van der Waals surface area contributed by atoms with Crippen molar-refractivity contribution in [3.8, 4) is 5.75 Å². The molecule has 0 aliphatic carbocycles. The van der Waals surface area contributed by atoms with Gasteiger partial charge in [-0.1, -0.05) is 26.0 Å². The molecule has 1 amide bonds. The zero-order valence-electron chi connectivity index (χ0n) is 12.3. The van der Waals surface area contributed by atoms with Crippen LogP contribution in [-0.2, 0) is 0 Å². The molecule has 0 aromatic heterocycles. The number of carbonyl (C=O) groups is 1. The molecule has 0 aliphatic rings. The predicted octanol–water partition coefficient (Wildman–Crippen LogP) is 4.84. The molecular formula is C17H18BrNO2. The summed E-state index contributed by atoms with van der Waals surface area (Å²) in [5.41, 5.74) is 2.97. The number of carbonyl (C=O) groups excluding carboxylic acids is 1. The molecule has 0 unspecified atom stereocenters. The van der Waals surface area contributed by atoms with Crippen LogP contribution in [0.25, 0.3) is 0 Å². The number of rotatable bonds is 3. The van der Waals surface area contributed by atoms with Crippen LogP contribution in [0.2, 0.25) is 0 Å². The van der Waals surface area contributed by atoms with E-state index in [1.807, 2.05) is 39.0 Å². The van der Waals surface area contributed by atoms with Crippen LogP contribution >= 0.6 is 15.9 Å². The third kappa shape index (κ3) is 3.45.